The first-order chi connectivity index (χ1) is 14.3. The number of aliphatic hydroxyl groups is 1. The monoisotopic (exact) mass is 409 g/mol. The maximum absolute atomic E-state index is 14.0. The summed E-state index contributed by atoms with van der Waals surface area (Å²) in [5, 5.41) is 15.8. The maximum Gasteiger partial charge on any atom is 0.332 e. The number of hydrogen-bond donors (Lipinski definition) is 3. The number of amides is 2. The minimum atomic E-state index is -0.999. The summed E-state index contributed by atoms with van der Waals surface area (Å²) in [5.41, 5.74) is -0.390. The van der Waals surface area contributed by atoms with Gasteiger partial charge in [0, 0.05) is 12.3 Å². The van der Waals surface area contributed by atoms with E-state index in [1.165, 1.54) is 23.2 Å². The summed E-state index contributed by atoms with van der Waals surface area (Å²) in [7, 11) is 0. The summed E-state index contributed by atoms with van der Waals surface area (Å²) >= 11 is 0. The highest BCUT2D eigenvalue weighted by Crippen LogP contribution is 2.26. The van der Waals surface area contributed by atoms with Gasteiger partial charge in [0.25, 0.3) is 0 Å². The van der Waals surface area contributed by atoms with E-state index in [1.54, 1.807) is 63.2 Å². The zero-order chi connectivity index (χ0) is 21.7. The molecule has 0 spiro atoms. The normalized spacial score (nSPS) is 12.2. The van der Waals surface area contributed by atoms with Crippen LogP contribution in [0, 0.1) is 5.82 Å². The Morgan fingerprint density at radius 2 is 1.77 bits per heavy atom. The molecule has 0 unspecified atom stereocenters. The zero-order valence-corrected chi connectivity index (χ0v) is 17.0. The first-order valence-corrected chi connectivity index (χ1v) is 9.48. The molecule has 1 atom stereocenters. The van der Waals surface area contributed by atoms with Crippen molar-refractivity contribution in [3.05, 3.63) is 72.7 Å². The van der Waals surface area contributed by atoms with E-state index in [4.69, 9.17) is 0 Å². The predicted molar refractivity (Wildman–Crippen MR) is 115 cm³/mol. The largest absolute Gasteiger partial charge is 0.388 e. The van der Waals surface area contributed by atoms with Crippen molar-refractivity contribution < 1.29 is 14.3 Å². The Morgan fingerprint density at radius 3 is 2.43 bits per heavy atom. The van der Waals surface area contributed by atoms with Crippen molar-refractivity contribution in [2.75, 3.05) is 15.5 Å². The second-order valence-corrected chi connectivity index (χ2v) is 7.34. The Kier molecular flexibility index (Phi) is 6.27. The molecule has 0 aliphatic rings. The van der Waals surface area contributed by atoms with Crippen LogP contribution in [0.4, 0.5) is 32.3 Å². The Bertz CT molecular complexity index is 1010. The van der Waals surface area contributed by atoms with Gasteiger partial charge < -0.3 is 15.7 Å². The number of urea groups is 1. The van der Waals surface area contributed by atoms with Crippen LogP contribution in [0.2, 0.25) is 0 Å². The fraction of sp³-hybridized carbons (Fsp3) is 0.227. The standard InChI is InChI=1S/C22H24FN5O2/c1-15(22(2,3)30)25-20-24-14-13-19(27-20)28(16-9-5-4-6-10-16)21(29)26-18-12-8-7-11-17(18)23/h4-15,30H,1-3H3,(H,26,29)(H,24,25,27)/t15-/m0/s1. The molecule has 3 N–H and O–H groups in total. The van der Waals surface area contributed by atoms with Crippen molar-refractivity contribution in [3.8, 4) is 0 Å². The van der Waals surface area contributed by atoms with E-state index in [2.05, 4.69) is 20.6 Å². The number of halogens is 1. The van der Waals surface area contributed by atoms with Gasteiger partial charge in [0.15, 0.2) is 0 Å². The van der Waals surface area contributed by atoms with E-state index in [0.717, 1.165) is 0 Å². The number of aromatic nitrogens is 2. The summed E-state index contributed by atoms with van der Waals surface area (Å²) in [6.07, 6.45) is 1.51. The molecule has 0 fully saturated rings. The third-order valence-corrected chi connectivity index (χ3v) is 4.61. The maximum atomic E-state index is 14.0. The molecule has 0 saturated carbocycles. The van der Waals surface area contributed by atoms with Crippen molar-refractivity contribution in [2.45, 2.75) is 32.4 Å². The summed E-state index contributed by atoms with van der Waals surface area (Å²) in [4.78, 5) is 23.0. The van der Waals surface area contributed by atoms with Crippen molar-refractivity contribution >= 4 is 29.2 Å². The topological polar surface area (TPSA) is 90.4 Å². The van der Waals surface area contributed by atoms with Crippen LogP contribution in [-0.2, 0) is 0 Å². The molecule has 0 aliphatic carbocycles. The molecule has 2 aromatic carbocycles. The molecule has 0 aliphatic heterocycles. The number of nitrogens with one attached hydrogen (secondary N) is 2. The molecule has 3 aromatic rings. The van der Waals surface area contributed by atoms with Crippen LogP contribution in [-0.4, -0.2) is 32.7 Å². The first kappa shape index (κ1) is 21.2. The van der Waals surface area contributed by atoms with Crippen LogP contribution in [0.15, 0.2) is 66.9 Å². The molecule has 1 aromatic heterocycles. The van der Waals surface area contributed by atoms with E-state index in [9.17, 15) is 14.3 Å². The van der Waals surface area contributed by atoms with Crippen molar-refractivity contribution in [1.29, 1.82) is 0 Å². The summed E-state index contributed by atoms with van der Waals surface area (Å²) in [6, 6.07) is 15.5. The van der Waals surface area contributed by atoms with Crippen LogP contribution in [0.3, 0.4) is 0 Å². The number of carbonyl (C=O) groups excluding carboxylic acids is 1. The van der Waals surface area contributed by atoms with Crippen LogP contribution >= 0.6 is 0 Å². The smallest absolute Gasteiger partial charge is 0.332 e. The summed E-state index contributed by atoms with van der Waals surface area (Å²) in [5.74, 6) is 0.000130. The molecule has 0 saturated heterocycles. The van der Waals surface area contributed by atoms with Crippen LogP contribution < -0.4 is 15.5 Å². The van der Waals surface area contributed by atoms with Gasteiger partial charge in [-0.05, 0) is 45.0 Å². The predicted octanol–water partition coefficient (Wildman–Crippen LogP) is 4.56. The molecule has 0 bridgehead atoms. The lowest BCUT2D eigenvalue weighted by molar-refractivity contribution is 0.0646. The highest BCUT2D eigenvalue weighted by Gasteiger charge is 2.24. The number of rotatable bonds is 6. The lowest BCUT2D eigenvalue weighted by Gasteiger charge is -2.27. The van der Waals surface area contributed by atoms with Crippen molar-refractivity contribution in [2.24, 2.45) is 0 Å². The van der Waals surface area contributed by atoms with Crippen LogP contribution in [0.1, 0.15) is 20.8 Å². The fourth-order valence-corrected chi connectivity index (χ4v) is 2.58. The molecule has 8 heteroatoms. The van der Waals surface area contributed by atoms with Gasteiger partial charge in [0.2, 0.25) is 5.95 Å². The third-order valence-electron chi connectivity index (χ3n) is 4.61. The third kappa shape index (κ3) is 5.09. The number of para-hydroxylation sites is 2. The average Bonchev–Trinajstić information content (AvgIpc) is 2.70. The van der Waals surface area contributed by atoms with Gasteiger partial charge in [0.1, 0.15) is 11.6 Å². The van der Waals surface area contributed by atoms with E-state index in [1.807, 2.05) is 6.07 Å². The molecule has 7 nitrogen and oxygen atoms in total. The molecule has 30 heavy (non-hydrogen) atoms. The van der Waals surface area contributed by atoms with Gasteiger partial charge in [-0.1, -0.05) is 30.3 Å². The minimum absolute atomic E-state index is 0.0616. The number of carbonyl (C=O) groups is 1. The number of hydrogen-bond acceptors (Lipinski definition) is 5. The Morgan fingerprint density at radius 1 is 1.10 bits per heavy atom. The van der Waals surface area contributed by atoms with Crippen molar-refractivity contribution in [1.82, 2.24) is 9.97 Å². The molecular weight excluding hydrogens is 385 g/mol. The zero-order valence-electron chi connectivity index (χ0n) is 17.0. The lowest BCUT2D eigenvalue weighted by Crippen LogP contribution is -2.40. The quantitative estimate of drug-likeness (QED) is 0.555. The second-order valence-electron chi connectivity index (χ2n) is 7.34. The van der Waals surface area contributed by atoms with E-state index in [0.29, 0.717) is 5.69 Å². The van der Waals surface area contributed by atoms with Crippen LogP contribution in [0.5, 0.6) is 0 Å². The molecule has 2 amide bonds. The Labute approximate surface area is 174 Å². The number of anilines is 4. The van der Waals surface area contributed by atoms with Gasteiger partial charge in [-0.2, -0.15) is 4.98 Å². The van der Waals surface area contributed by atoms with Gasteiger partial charge in [0.05, 0.1) is 23.0 Å². The molecule has 1 heterocycles. The van der Waals surface area contributed by atoms with Crippen LogP contribution in [0.25, 0.3) is 0 Å². The minimum Gasteiger partial charge on any atom is -0.388 e. The van der Waals surface area contributed by atoms with Gasteiger partial charge in [-0.15, -0.1) is 0 Å². The molecule has 156 valence electrons. The summed E-state index contributed by atoms with van der Waals surface area (Å²) < 4.78 is 14.0. The van der Waals surface area contributed by atoms with Gasteiger partial charge in [-0.3, -0.25) is 0 Å². The Balaban J connectivity index is 1.95. The second kappa shape index (κ2) is 8.87. The van der Waals surface area contributed by atoms with E-state index < -0.39 is 17.4 Å². The SMILES string of the molecule is C[C@H](Nc1nccc(N(C(=O)Nc2ccccc2F)c2ccccc2)n1)C(C)(C)O. The van der Waals surface area contributed by atoms with Crippen molar-refractivity contribution in [3.63, 3.8) is 0 Å². The highest BCUT2D eigenvalue weighted by molar-refractivity contribution is 6.06. The van der Waals surface area contributed by atoms with Gasteiger partial charge >= 0.3 is 6.03 Å². The van der Waals surface area contributed by atoms with E-state index in [-0.39, 0.29) is 23.5 Å². The van der Waals surface area contributed by atoms with E-state index >= 15 is 0 Å². The molecule has 0 radical (unpaired) electrons. The molecular formula is C22H24FN5O2. The number of nitrogens with zero attached hydrogens (tertiary/aromatic N) is 3. The Hall–Kier alpha value is -3.52. The summed E-state index contributed by atoms with van der Waals surface area (Å²) in [6.45, 7) is 5.15. The number of benzene rings is 2. The first-order valence-electron chi connectivity index (χ1n) is 9.48. The van der Waals surface area contributed by atoms with Gasteiger partial charge in [-0.25, -0.2) is 19.1 Å². The molecule has 3 rings (SSSR count). The average molecular weight is 409 g/mol. The fourth-order valence-electron chi connectivity index (χ4n) is 2.58. The highest BCUT2D eigenvalue weighted by atomic mass is 19.1. The lowest BCUT2D eigenvalue weighted by atomic mass is 10.0.